The van der Waals surface area contributed by atoms with Crippen LogP contribution in [0.25, 0.3) is 10.9 Å². The number of aliphatic hydroxyl groups is 1. The van der Waals surface area contributed by atoms with Gasteiger partial charge in [0, 0.05) is 29.7 Å². The molecular weight excluding hydrogens is 246 g/mol. The molecule has 0 saturated heterocycles. The number of aryl methyl sites for hydroxylation is 1. The number of aliphatic hydroxyl groups excluding tert-OH is 1. The summed E-state index contributed by atoms with van der Waals surface area (Å²) >= 11 is 0. The highest BCUT2D eigenvalue weighted by Gasteiger charge is 2.25. The maximum absolute atomic E-state index is 11.7. The number of benzene rings is 1. The summed E-state index contributed by atoms with van der Waals surface area (Å²) in [5, 5.41) is 11.0. The molecular formula is C14H17NO4. The average molecular weight is 263 g/mol. The number of nitrogens with zero attached hydrogens (tertiary/aromatic N) is 1. The third-order valence-corrected chi connectivity index (χ3v) is 3.07. The molecule has 0 bridgehead atoms. The SMILES string of the molecule is CCOC(=O)C(O)c1c(OC)ccc2c1ccn2C. The first-order valence-corrected chi connectivity index (χ1v) is 6.06. The van der Waals surface area contributed by atoms with Crippen molar-refractivity contribution in [1.29, 1.82) is 0 Å². The molecule has 1 aromatic carbocycles. The second kappa shape index (κ2) is 5.32. The minimum Gasteiger partial charge on any atom is -0.496 e. The second-order valence-corrected chi connectivity index (χ2v) is 4.20. The van der Waals surface area contributed by atoms with Crippen LogP contribution in [0.15, 0.2) is 24.4 Å². The molecule has 1 atom stereocenters. The number of methoxy groups -OCH3 is 1. The van der Waals surface area contributed by atoms with Gasteiger partial charge < -0.3 is 19.1 Å². The van der Waals surface area contributed by atoms with E-state index in [1.165, 1.54) is 7.11 Å². The summed E-state index contributed by atoms with van der Waals surface area (Å²) in [5.74, 6) is -0.198. The fourth-order valence-electron chi connectivity index (χ4n) is 2.15. The van der Waals surface area contributed by atoms with Gasteiger partial charge in [0.15, 0.2) is 6.10 Å². The van der Waals surface area contributed by atoms with Crippen molar-refractivity contribution in [3.8, 4) is 5.75 Å². The molecule has 19 heavy (non-hydrogen) atoms. The maximum Gasteiger partial charge on any atom is 0.339 e. The Labute approximate surface area is 111 Å². The Morgan fingerprint density at radius 1 is 1.42 bits per heavy atom. The summed E-state index contributed by atoms with van der Waals surface area (Å²) in [6.45, 7) is 1.92. The van der Waals surface area contributed by atoms with Crippen LogP contribution in [-0.4, -0.2) is 29.4 Å². The van der Waals surface area contributed by atoms with Crippen LogP contribution in [0.4, 0.5) is 0 Å². The number of hydrogen-bond acceptors (Lipinski definition) is 4. The summed E-state index contributed by atoms with van der Waals surface area (Å²) in [5.41, 5.74) is 1.36. The number of ether oxygens (including phenoxy) is 2. The minimum atomic E-state index is -1.35. The van der Waals surface area contributed by atoms with Gasteiger partial charge in [-0.2, -0.15) is 0 Å². The Morgan fingerprint density at radius 2 is 2.16 bits per heavy atom. The van der Waals surface area contributed by atoms with E-state index in [0.717, 1.165) is 10.9 Å². The van der Waals surface area contributed by atoms with E-state index in [0.29, 0.717) is 11.3 Å². The van der Waals surface area contributed by atoms with Gasteiger partial charge >= 0.3 is 5.97 Å². The van der Waals surface area contributed by atoms with Crippen molar-refractivity contribution in [1.82, 2.24) is 4.57 Å². The van der Waals surface area contributed by atoms with Crippen molar-refractivity contribution in [2.24, 2.45) is 7.05 Å². The van der Waals surface area contributed by atoms with Gasteiger partial charge in [-0.1, -0.05) is 0 Å². The second-order valence-electron chi connectivity index (χ2n) is 4.20. The van der Waals surface area contributed by atoms with Crippen molar-refractivity contribution in [2.45, 2.75) is 13.0 Å². The maximum atomic E-state index is 11.7. The number of fused-ring (bicyclic) bond motifs is 1. The number of carbonyl (C=O) groups is 1. The van der Waals surface area contributed by atoms with Gasteiger partial charge in [0.05, 0.1) is 13.7 Å². The standard InChI is InChI=1S/C14H17NO4/c1-4-19-14(17)13(16)12-9-7-8-15(2)10(9)5-6-11(12)18-3/h5-8,13,16H,4H2,1-3H3. The van der Waals surface area contributed by atoms with E-state index < -0.39 is 12.1 Å². The molecule has 1 aromatic heterocycles. The van der Waals surface area contributed by atoms with E-state index in [4.69, 9.17) is 9.47 Å². The molecule has 1 N–H and O–H groups in total. The molecule has 5 heteroatoms. The van der Waals surface area contributed by atoms with E-state index in [2.05, 4.69) is 0 Å². The minimum absolute atomic E-state index is 0.225. The van der Waals surface area contributed by atoms with Crippen molar-refractivity contribution in [3.63, 3.8) is 0 Å². The van der Waals surface area contributed by atoms with Gasteiger partial charge in [0.25, 0.3) is 0 Å². The highest BCUT2D eigenvalue weighted by molar-refractivity contribution is 5.91. The Hall–Kier alpha value is -2.01. The zero-order chi connectivity index (χ0) is 14.0. The molecule has 5 nitrogen and oxygen atoms in total. The highest BCUT2D eigenvalue weighted by atomic mass is 16.5. The molecule has 0 spiro atoms. The summed E-state index contributed by atoms with van der Waals surface area (Å²) in [6, 6.07) is 5.46. The number of aromatic nitrogens is 1. The summed E-state index contributed by atoms with van der Waals surface area (Å²) in [6.07, 6.45) is 0.520. The summed E-state index contributed by atoms with van der Waals surface area (Å²) in [7, 11) is 3.40. The van der Waals surface area contributed by atoms with E-state index >= 15 is 0 Å². The van der Waals surface area contributed by atoms with Gasteiger partial charge in [-0.15, -0.1) is 0 Å². The van der Waals surface area contributed by atoms with Crippen LogP contribution in [0, 0.1) is 0 Å². The lowest BCUT2D eigenvalue weighted by atomic mass is 10.0. The average Bonchev–Trinajstić information content (AvgIpc) is 2.79. The third-order valence-electron chi connectivity index (χ3n) is 3.07. The van der Waals surface area contributed by atoms with E-state index in [9.17, 15) is 9.90 Å². The molecule has 1 heterocycles. The van der Waals surface area contributed by atoms with Crippen molar-refractivity contribution in [2.75, 3.05) is 13.7 Å². The molecule has 0 aliphatic rings. The lowest BCUT2D eigenvalue weighted by molar-refractivity contribution is -0.153. The van der Waals surface area contributed by atoms with Crippen LogP contribution in [0.5, 0.6) is 5.75 Å². The van der Waals surface area contributed by atoms with Crippen LogP contribution < -0.4 is 4.74 Å². The molecule has 0 aliphatic heterocycles. The van der Waals surface area contributed by atoms with Crippen LogP contribution >= 0.6 is 0 Å². The fourth-order valence-corrected chi connectivity index (χ4v) is 2.15. The summed E-state index contributed by atoms with van der Waals surface area (Å²) < 4.78 is 12.0. The van der Waals surface area contributed by atoms with E-state index in [1.54, 1.807) is 13.0 Å². The van der Waals surface area contributed by atoms with Crippen LogP contribution in [0.3, 0.4) is 0 Å². The van der Waals surface area contributed by atoms with Gasteiger partial charge in [-0.25, -0.2) is 4.79 Å². The quantitative estimate of drug-likeness (QED) is 0.854. The zero-order valence-corrected chi connectivity index (χ0v) is 11.2. The van der Waals surface area contributed by atoms with Crippen LogP contribution in [-0.2, 0) is 16.6 Å². The largest absolute Gasteiger partial charge is 0.496 e. The van der Waals surface area contributed by atoms with E-state index in [-0.39, 0.29) is 6.61 Å². The van der Waals surface area contributed by atoms with Crippen molar-refractivity contribution in [3.05, 3.63) is 30.0 Å². The molecule has 102 valence electrons. The molecule has 2 rings (SSSR count). The first kappa shape index (κ1) is 13.4. The highest BCUT2D eigenvalue weighted by Crippen LogP contribution is 2.34. The first-order chi connectivity index (χ1) is 9.10. The predicted molar refractivity (Wildman–Crippen MR) is 71.1 cm³/mol. The predicted octanol–water partition coefficient (Wildman–Crippen LogP) is 1.78. The van der Waals surface area contributed by atoms with Gasteiger partial charge in [0.2, 0.25) is 0 Å². The fraction of sp³-hybridized carbons (Fsp3) is 0.357. The van der Waals surface area contributed by atoms with Crippen molar-refractivity contribution >= 4 is 16.9 Å². The molecule has 0 fully saturated rings. The lowest BCUT2D eigenvalue weighted by Crippen LogP contribution is -2.16. The Kier molecular flexibility index (Phi) is 3.76. The zero-order valence-electron chi connectivity index (χ0n) is 11.2. The molecule has 0 radical (unpaired) electrons. The Morgan fingerprint density at radius 3 is 2.79 bits per heavy atom. The molecule has 1 unspecified atom stereocenters. The Bertz CT molecular complexity index is 603. The number of esters is 1. The number of hydrogen-bond donors (Lipinski definition) is 1. The van der Waals surface area contributed by atoms with E-state index in [1.807, 2.05) is 29.9 Å². The van der Waals surface area contributed by atoms with Gasteiger partial charge in [0.1, 0.15) is 5.75 Å². The lowest BCUT2D eigenvalue weighted by Gasteiger charge is -2.15. The topological polar surface area (TPSA) is 60.7 Å². The van der Waals surface area contributed by atoms with Crippen molar-refractivity contribution < 1.29 is 19.4 Å². The first-order valence-electron chi connectivity index (χ1n) is 6.06. The molecule has 0 aliphatic carbocycles. The molecule has 0 saturated carbocycles. The third kappa shape index (κ3) is 2.29. The monoisotopic (exact) mass is 263 g/mol. The molecule has 0 amide bonds. The number of carbonyl (C=O) groups excluding carboxylic acids is 1. The van der Waals surface area contributed by atoms with Gasteiger partial charge in [-0.05, 0) is 25.1 Å². The van der Waals surface area contributed by atoms with Gasteiger partial charge in [-0.3, -0.25) is 0 Å². The summed E-state index contributed by atoms with van der Waals surface area (Å²) in [4.78, 5) is 11.7. The molecule has 2 aromatic rings. The van der Waals surface area contributed by atoms with Crippen LogP contribution in [0.1, 0.15) is 18.6 Å². The number of rotatable bonds is 4. The Balaban J connectivity index is 2.58. The van der Waals surface area contributed by atoms with Crippen LogP contribution in [0.2, 0.25) is 0 Å². The smallest absolute Gasteiger partial charge is 0.339 e. The normalized spacial score (nSPS) is 12.4.